The quantitative estimate of drug-likeness (QED) is 0.389. The Morgan fingerprint density at radius 3 is 2.68 bits per heavy atom. The van der Waals surface area contributed by atoms with Crippen molar-refractivity contribution in [2.24, 2.45) is 5.41 Å². The van der Waals surface area contributed by atoms with Crippen molar-refractivity contribution in [3.8, 4) is 0 Å². The van der Waals surface area contributed by atoms with Gasteiger partial charge in [-0.1, -0.05) is 49.8 Å². The average Bonchev–Trinajstić information content (AvgIpc) is 3.15. The maximum atomic E-state index is 11.2. The van der Waals surface area contributed by atoms with Crippen LogP contribution in [-0.2, 0) is 9.53 Å². The predicted molar refractivity (Wildman–Crippen MR) is 113 cm³/mol. The molecule has 0 spiro atoms. The molecule has 1 aliphatic carbocycles. The largest absolute Gasteiger partial charge is 0.466 e. The molecule has 1 aliphatic rings. The Kier molecular flexibility index (Phi) is 7.32. The number of ether oxygens (including phenoxy) is 1. The topological polar surface area (TPSA) is 57.0 Å². The van der Waals surface area contributed by atoms with Crippen LogP contribution in [0.3, 0.4) is 0 Å². The first-order valence-electron chi connectivity index (χ1n) is 9.59. The second-order valence-corrected chi connectivity index (χ2v) is 7.93. The Hall–Kier alpha value is -2.69. The summed E-state index contributed by atoms with van der Waals surface area (Å²) in [6, 6.07) is 0.269. The molecule has 1 atom stereocenters. The van der Waals surface area contributed by atoms with Crippen molar-refractivity contribution in [3.05, 3.63) is 71.4 Å². The number of rotatable bonds is 6. The number of hydrogen-bond acceptors (Lipinski definition) is 4. The van der Waals surface area contributed by atoms with Crippen LogP contribution in [0.1, 0.15) is 53.5 Å². The highest BCUT2D eigenvalue weighted by Gasteiger charge is 2.32. The summed E-state index contributed by atoms with van der Waals surface area (Å²) in [6.45, 7) is 10.7. The normalized spacial score (nSPS) is 21.0. The fraction of sp³-hybridized carbons (Fsp3) is 0.435. The van der Waals surface area contributed by atoms with E-state index in [1.165, 1.54) is 24.3 Å². The Bertz CT molecular complexity index is 837. The summed E-state index contributed by atoms with van der Waals surface area (Å²) in [5.74, 6) is -0.341. The van der Waals surface area contributed by atoms with E-state index in [-0.39, 0.29) is 17.4 Å². The second kappa shape index (κ2) is 9.49. The minimum absolute atomic E-state index is 0.133. The summed E-state index contributed by atoms with van der Waals surface area (Å²) in [5.41, 5.74) is 4.83. The Labute approximate surface area is 168 Å². The number of carbonyl (C=O) groups excluding carboxylic acids is 1. The van der Waals surface area contributed by atoms with Gasteiger partial charge in [-0.15, -0.1) is 0 Å². The van der Waals surface area contributed by atoms with E-state index in [1.807, 2.05) is 29.8 Å². The van der Waals surface area contributed by atoms with Gasteiger partial charge in [0.25, 0.3) is 0 Å². The maximum Gasteiger partial charge on any atom is 0.330 e. The van der Waals surface area contributed by atoms with E-state index in [2.05, 4.69) is 54.7 Å². The van der Waals surface area contributed by atoms with Gasteiger partial charge >= 0.3 is 5.97 Å². The van der Waals surface area contributed by atoms with Gasteiger partial charge < -0.3 is 4.74 Å². The van der Waals surface area contributed by atoms with Gasteiger partial charge in [-0.3, -0.25) is 0 Å². The number of nitrogens with zero attached hydrogens (tertiary/aromatic N) is 3. The first kappa shape index (κ1) is 21.6. The molecule has 0 saturated carbocycles. The van der Waals surface area contributed by atoms with Crippen molar-refractivity contribution < 1.29 is 9.53 Å². The van der Waals surface area contributed by atoms with Gasteiger partial charge in [0, 0.05) is 6.08 Å². The van der Waals surface area contributed by atoms with E-state index in [1.54, 1.807) is 12.7 Å². The van der Waals surface area contributed by atoms with E-state index in [0.29, 0.717) is 0 Å². The monoisotopic (exact) mass is 381 g/mol. The zero-order valence-corrected chi connectivity index (χ0v) is 17.8. The fourth-order valence-electron chi connectivity index (χ4n) is 3.54. The van der Waals surface area contributed by atoms with Crippen molar-refractivity contribution in [2.75, 3.05) is 7.11 Å². The zero-order chi connectivity index (χ0) is 20.7. The van der Waals surface area contributed by atoms with Crippen LogP contribution >= 0.6 is 0 Å². The molecule has 2 rings (SSSR count). The molecule has 0 N–H and O–H groups in total. The molecule has 0 bridgehead atoms. The SMILES string of the molecule is COC(=O)/C=C(C)/C=C/C=C(C)/C=C/C1=C(C)[C@H](n2cncn2)CCC1(C)C. The number of hydrogen-bond donors (Lipinski definition) is 0. The summed E-state index contributed by atoms with van der Waals surface area (Å²) < 4.78 is 6.59. The molecule has 0 amide bonds. The van der Waals surface area contributed by atoms with Gasteiger partial charge in [-0.25, -0.2) is 14.5 Å². The molecule has 28 heavy (non-hydrogen) atoms. The maximum absolute atomic E-state index is 11.2. The lowest BCUT2D eigenvalue weighted by molar-refractivity contribution is -0.134. The molecule has 0 fully saturated rings. The van der Waals surface area contributed by atoms with Crippen LogP contribution in [0.5, 0.6) is 0 Å². The smallest absolute Gasteiger partial charge is 0.330 e. The van der Waals surface area contributed by atoms with E-state index in [4.69, 9.17) is 0 Å². The molecular weight excluding hydrogens is 350 g/mol. The van der Waals surface area contributed by atoms with Gasteiger partial charge in [-0.2, -0.15) is 5.10 Å². The first-order valence-corrected chi connectivity index (χ1v) is 9.59. The fourth-order valence-corrected chi connectivity index (χ4v) is 3.54. The van der Waals surface area contributed by atoms with Crippen LogP contribution in [0.2, 0.25) is 0 Å². The molecule has 150 valence electrons. The molecular formula is C23H31N3O2. The summed E-state index contributed by atoms with van der Waals surface area (Å²) in [4.78, 5) is 15.3. The van der Waals surface area contributed by atoms with Crippen molar-refractivity contribution in [2.45, 2.75) is 53.5 Å². The Balaban J connectivity index is 2.18. The van der Waals surface area contributed by atoms with Crippen LogP contribution in [0, 0.1) is 5.41 Å². The Morgan fingerprint density at radius 1 is 1.29 bits per heavy atom. The minimum atomic E-state index is -0.341. The van der Waals surface area contributed by atoms with E-state index < -0.39 is 0 Å². The van der Waals surface area contributed by atoms with Crippen LogP contribution < -0.4 is 0 Å². The molecule has 1 heterocycles. The van der Waals surface area contributed by atoms with Crippen molar-refractivity contribution in [1.29, 1.82) is 0 Å². The molecule has 0 radical (unpaired) electrons. The van der Waals surface area contributed by atoms with Gasteiger partial charge in [0.05, 0.1) is 13.2 Å². The van der Waals surface area contributed by atoms with E-state index in [9.17, 15) is 4.79 Å². The average molecular weight is 382 g/mol. The molecule has 5 nitrogen and oxygen atoms in total. The van der Waals surface area contributed by atoms with Gasteiger partial charge in [0.15, 0.2) is 0 Å². The second-order valence-electron chi connectivity index (χ2n) is 7.93. The van der Waals surface area contributed by atoms with Gasteiger partial charge in [0.2, 0.25) is 0 Å². The van der Waals surface area contributed by atoms with Gasteiger partial charge in [0.1, 0.15) is 12.7 Å². The third-order valence-electron chi connectivity index (χ3n) is 5.23. The molecule has 5 heteroatoms. The van der Waals surface area contributed by atoms with Crippen LogP contribution in [0.15, 0.2) is 71.4 Å². The van der Waals surface area contributed by atoms with E-state index >= 15 is 0 Å². The predicted octanol–water partition coefficient (Wildman–Crippen LogP) is 5.13. The first-order chi connectivity index (χ1) is 13.2. The number of allylic oxidation sites excluding steroid dienone is 9. The van der Waals surface area contributed by atoms with Crippen LogP contribution in [-0.4, -0.2) is 27.8 Å². The molecule has 0 aromatic carbocycles. The molecule has 0 aliphatic heterocycles. The minimum Gasteiger partial charge on any atom is -0.466 e. The summed E-state index contributed by atoms with van der Waals surface area (Å²) in [5, 5.41) is 4.34. The summed E-state index contributed by atoms with van der Waals surface area (Å²) in [6.07, 6.45) is 17.3. The van der Waals surface area contributed by atoms with Crippen molar-refractivity contribution in [3.63, 3.8) is 0 Å². The number of carbonyl (C=O) groups is 1. The van der Waals surface area contributed by atoms with E-state index in [0.717, 1.165) is 24.0 Å². The lowest BCUT2D eigenvalue weighted by Gasteiger charge is -2.37. The molecule has 0 saturated heterocycles. The molecule has 1 aromatic rings. The highest BCUT2D eigenvalue weighted by molar-refractivity contribution is 5.83. The van der Waals surface area contributed by atoms with Crippen LogP contribution in [0.4, 0.5) is 0 Å². The standard InChI is InChI=1S/C23H31N3O2/c1-17(8-7-9-18(2)14-22(27)28-6)10-11-20-19(3)21(12-13-23(20,4)5)26-16-24-15-25-26/h7-11,14-16,21H,12-13H2,1-6H3/b9-7+,11-10+,17-8+,18-14+/t21-/m1/s1. The van der Waals surface area contributed by atoms with Gasteiger partial charge in [-0.05, 0) is 55.7 Å². The number of aromatic nitrogens is 3. The lowest BCUT2D eigenvalue weighted by atomic mass is 9.71. The lowest BCUT2D eigenvalue weighted by Crippen LogP contribution is -2.26. The number of esters is 1. The zero-order valence-electron chi connectivity index (χ0n) is 17.8. The summed E-state index contributed by atoms with van der Waals surface area (Å²) >= 11 is 0. The highest BCUT2D eigenvalue weighted by Crippen LogP contribution is 2.45. The van der Waals surface area contributed by atoms with Crippen molar-refractivity contribution >= 4 is 5.97 Å². The van der Waals surface area contributed by atoms with Crippen LogP contribution in [0.25, 0.3) is 0 Å². The highest BCUT2D eigenvalue weighted by atomic mass is 16.5. The summed E-state index contributed by atoms with van der Waals surface area (Å²) in [7, 11) is 1.38. The van der Waals surface area contributed by atoms with Crippen molar-refractivity contribution in [1.82, 2.24) is 14.8 Å². The Morgan fingerprint density at radius 2 is 2.04 bits per heavy atom. The third-order valence-corrected chi connectivity index (χ3v) is 5.23. The molecule has 1 aromatic heterocycles. The molecule has 0 unspecified atom stereocenters. The number of methoxy groups -OCH3 is 1. The third kappa shape index (κ3) is 5.65.